The van der Waals surface area contributed by atoms with E-state index in [2.05, 4.69) is 33.6 Å². The van der Waals surface area contributed by atoms with Crippen molar-refractivity contribution in [3.8, 4) is 0 Å². The summed E-state index contributed by atoms with van der Waals surface area (Å²) in [5.74, 6) is 0.954. The number of benzene rings is 1. The van der Waals surface area contributed by atoms with E-state index in [0.717, 1.165) is 35.2 Å². The largest absolute Gasteiger partial charge is 0.356 e. The number of carbonyl (C=O) groups excluding carboxylic acids is 1. The number of pyridine rings is 1. The van der Waals surface area contributed by atoms with Crippen LogP contribution < -0.4 is 5.32 Å². The maximum Gasteiger partial charge on any atom is 0.221 e. The van der Waals surface area contributed by atoms with Crippen molar-refractivity contribution in [2.45, 2.75) is 32.7 Å². The molecule has 0 aliphatic heterocycles. The molecule has 7 heteroatoms. The number of nitrogens with zero attached hydrogens (tertiary/aromatic N) is 5. The Kier molecular flexibility index (Phi) is 4.82. The molecule has 0 aliphatic carbocycles. The molecule has 4 rings (SSSR count). The van der Waals surface area contributed by atoms with Gasteiger partial charge < -0.3 is 5.32 Å². The topological polar surface area (TPSA) is 77.1 Å². The molecule has 0 saturated carbocycles. The minimum absolute atomic E-state index is 0.0393. The molecule has 3 heterocycles. The molecule has 0 radical (unpaired) electrons. The summed E-state index contributed by atoms with van der Waals surface area (Å²) in [4.78, 5) is 12.1. The highest BCUT2D eigenvalue weighted by Gasteiger charge is 2.08. The molecule has 0 atom stereocenters. The van der Waals surface area contributed by atoms with Crippen molar-refractivity contribution in [1.82, 2.24) is 29.7 Å². The number of amides is 1. The van der Waals surface area contributed by atoms with Gasteiger partial charge >= 0.3 is 0 Å². The Balaban J connectivity index is 1.24. The maximum atomic E-state index is 12.1. The van der Waals surface area contributed by atoms with Crippen molar-refractivity contribution in [3.63, 3.8) is 0 Å². The van der Waals surface area contributed by atoms with Gasteiger partial charge in [-0.1, -0.05) is 18.2 Å². The molecule has 1 aromatic carbocycles. The molecule has 138 valence electrons. The number of carbonyl (C=O) groups is 1. The van der Waals surface area contributed by atoms with E-state index in [1.807, 2.05) is 51.8 Å². The van der Waals surface area contributed by atoms with E-state index in [1.165, 1.54) is 5.56 Å². The lowest BCUT2D eigenvalue weighted by Gasteiger charge is -2.06. The number of hydrogen-bond acceptors (Lipinski definition) is 4. The number of fused-ring (bicyclic) bond motifs is 2. The Labute approximate surface area is 157 Å². The maximum absolute atomic E-state index is 12.1. The Morgan fingerprint density at radius 3 is 3.00 bits per heavy atom. The number of hydrogen-bond donors (Lipinski definition) is 1. The first kappa shape index (κ1) is 17.2. The zero-order chi connectivity index (χ0) is 18.6. The van der Waals surface area contributed by atoms with Gasteiger partial charge in [0.2, 0.25) is 5.91 Å². The lowest BCUT2D eigenvalue weighted by atomic mass is 10.1. The first-order valence-electron chi connectivity index (χ1n) is 9.19. The fraction of sp³-hybridized carbons (Fsp3) is 0.300. The second kappa shape index (κ2) is 7.57. The summed E-state index contributed by atoms with van der Waals surface area (Å²) in [5, 5.41) is 16.9. The molecule has 0 aliphatic rings. The van der Waals surface area contributed by atoms with E-state index in [4.69, 9.17) is 0 Å². The van der Waals surface area contributed by atoms with Crippen LogP contribution in [0.2, 0.25) is 0 Å². The minimum Gasteiger partial charge on any atom is -0.356 e. The molecular weight excluding hydrogens is 340 g/mol. The van der Waals surface area contributed by atoms with Crippen LogP contribution in [0.5, 0.6) is 0 Å². The van der Waals surface area contributed by atoms with Gasteiger partial charge in [0, 0.05) is 31.0 Å². The predicted octanol–water partition coefficient (Wildman–Crippen LogP) is 2.53. The van der Waals surface area contributed by atoms with Gasteiger partial charge in [-0.05, 0) is 37.1 Å². The number of aryl methyl sites for hydroxylation is 3. The van der Waals surface area contributed by atoms with Crippen molar-refractivity contribution >= 4 is 22.5 Å². The van der Waals surface area contributed by atoms with Gasteiger partial charge in [-0.3, -0.25) is 13.9 Å². The van der Waals surface area contributed by atoms with E-state index in [-0.39, 0.29) is 5.91 Å². The molecule has 0 fully saturated rings. The smallest absolute Gasteiger partial charge is 0.221 e. The minimum atomic E-state index is 0.0393. The van der Waals surface area contributed by atoms with Gasteiger partial charge in [-0.15, -0.1) is 10.2 Å². The summed E-state index contributed by atoms with van der Waals surface area (Å²) >= 11 is 0. The Bertz CT molecular complexity index is 1080. The summed E-state index contributed by atoms with van der Waals surface area (Å²) in [7, 11) is 0. The van der Waals surface area contributed by atoms with Gasteiger partial charge in [0.25, 0.3) is 0 Å². The molecule has 0 spiro atoms. The van der Waals surface area contributed by atoms with Crippen LogP contribution >= 0.6 is 0 Å². The van der Waals surface area contributed by atoms with Gasteiger partial charge in [0.1, 0.15) is 5.82 Å². The van der Waals surface area contributed by atoms with Crippen LogP contribution in [-0.2, 0) is 17.8 Å². The molecule has 4 aromatic rings. The molecule has 1 amide bonds. The average Bonchev–Trinajstić information content (AvgIpc) is 3.29. The highest BCUT2D eigenvalue weighted by molar-refractivity contribution is 5.82. The van der Waals surface area contributed by atoms with Crippen LogP contribution in [-0.4, -0.2) is 36.8 Å². The molecule has 0 unspecified atom stereocenters. The monoisotopic (exact) mass is 362 g/mol. The van der Waals surface area contributed by atoms with Crippen molar-refractivity contribution in [2.75, 3.05) is 6.54 Å². The fourth-order valence-corrected chi connectivity index (χ4v) is 3.26. The van der Waals surface area contributed by atoms with E-state index >= 15 is 0 Å². The second-order valence-electron chi connectivity index (χ2n) is 6.62. The Hall–Kier alpha value is -3.22. The highest BCUT2D eigenvalue weighted by Crippen LogP contribution is 2.17. The van der Waals surface area contributed by atoms with Gasteiger partial charge in [0.15, 0.2) is 5.65 Å². The molecule has 1 N–H and O–H groups in total. The third-order valence-corrected chi connectivity index (χ3v) is 4.74. The zero-order valence-electron chi connectivity index (χ0n) is 15.3. The van der Waals surface area contributed by atoms with Crippen LogP contribution in [0.25, 0.3) is 16.6 Å². The predicted molar refractivity (Wildman–Crippen MR) is 103 cm³/mol. The van der Waals surface area contributed by atoms with Gasteiger partial charge in [0.05, 0.1) is 18.3 Å². The quantitative estimate of drug-likeness (QED) is 0.513. The first-order valence-corrected chi connectivity index (χ1v) is 9.19. The third-order valence-electron chi connectivity index (χ3n) is 4.74. The third kappa shape index (κ3) is 3.67. The Morgan fingerprint density at radius 2 is 2.07 bits per heavy atom. The van der Waals surface area contributed by atoms with Crippen molar-refractivity contribution < 1.29 is 4.79 Å². The molecular formula is C20H22N6O. The summed E-state index contributed by atoms with van der Waals surface area (Å²) < 4.78 is 3.87. The standard InChI is InChI=1S/C20H22N6O/c1-15-6-4-7-17-16(15)14-22-26(17)13-10-20(27)21-11-5-9-19-24-23-18-8-2-3-12-25(18)19/h2-4,6-8,12,14H,5,9-11,13H2,1H3,(H,21,27). The van der Waals surface area contributed by atoms with E-state index in [0.29, 0.717) is 19.5 Å². The molecule has 0 saturated heterocycles. The summed E-state index contributed by atoms with van der Waals surface area (Å²) in [5.41, 5.74) is 3.11. The normalized spacial score (nSPS) is 11.3. The molecule has 0 bridgehead atoms. The van der Waals surface area contributed by atoms with E-state index in [9.17, 15) is 4.79 Å². The van der Waals surface area contributed by atoms with Crippen molar-refractivity contribution in [3.05, 3.63) is 60.2 Å². The Morgan fingerprint density at radius 1 is 1.15 bits per heavy atom. The second-order valence-corrected chi connectivity index (χ2v) is 6.62. The number of nitrogens with one attached hydrogen (secondary N) is 1. The number of aromatic nitrogens is 5. The number of rotatable bonds is 7. The lowest BCUT2D eigenvalue weighted by Crippen LogP contribution is -2.26. The summed E-state index contributed by atoms with van der Waals surface area (Å²) in [6, 6.07) is 12.0. The first-order chi connectivity index (χ1) is 13.2. The van der Waals surface area contributed by atoms with Crippen LogP contribution in [0.1, 0.15) is 24.2 Å². The van der Waals surface area contributed by atoms with Crippen LogP contribution in [0.3, 0.4) is 0 Å². The average molecular weight is 362 g/mol. The van der Waals surface area contributed by atoms with E-state index < -0.39 is 0 Å². The van der Waals surface area contributed by atoms with Gasteiger partial charge in [-0.25, -0.2) is 0 Å². The van der Waals surface area contributed by atoms with Crippen molar-refractivity contribution in [2.24, 2.45) is 0 Å². The van der Waals surface area contributed by atoms with E-state index in [1.54, 1.807) is 0 Å². The van der Waals surface area contributed by atoms with Crippen LogP contribution in [0.4, 0.5) is 0 Å². The molecule has 7 nitrogen and oxygen atoms in total. The molecule has 3 aromatic heterocycles. The SMILES string of the molecule is Cc1cccc2c1cnn2CCC(=O)NCCCc1nnc2ccccn12. The summed E-state index contributed by atoms with van der Waals surface area (Å²) in [6.45, 7) is 3.27. The molecule has 27 heavy (non-hydrogen) atoms. The summed E-state index contributed by atoms with van der Waals surface area (Å²) in [6.07, 6.45) is 5.84. The van der Waals surface area contributed by atoms with Gasteiger partial charge in [-0.2, -0.15) is 5.10 Å². The van der Waals surface area contributed by atoms with Crippen LogP contribution in [0.15, 0.2) is 48.8 Å². The fourth-order valence-electron chi connectivity index (χ4n) is 3.26. The zero-order valence-corrected chi connectivity index (χ0v) is 15.3. The van der Waals surface area contributed by atoms with Crippen LogP contribution in [0, 0.1) is 6.92 Å². The lowest BCUT2D eigenvalue weighted by molar-refractivity contribution is -0.121. The highest BCUT2D eigenvalue weighted by atomic mass is 16.1. The van der Waals surface area contributed by atoms with Crippen molar-refractivity contribution in [1.29, 1.82) is 0 Å².